The lowest BCUT2D eigenvalue weighted by Crippen LogP contribution is -2.27. The van der Waals surface area contributed by atoms with E-state index in [1.54, 1.807) is 26.2 Å². The molecule has 10 nitrogen and oxygen atoms in total. The molecule has 0 spiro atoms. The summed E-state index contributed by atoms with van der Waals surface area (Å²) in [6, 6.07) is 11.9. The molecule has 0 saturated heterocycles. The van der Waals surface area contributed by atoms with E-state index in [9.17, 15) is 4.79 Å². The van der Waals surface area contributed by atoms with E-state index in [0.717, 1.165) is 47.3 Å². The Kier molecular flexibility index (Phi) is 7.00. The molecule has 5 aromatic rings. The van der Waals surface area contributed by atoms with Gasteiger partial charge in [0, 0.05) is 29.7 Å². The molecule has 0 unspecified atom stereocenters. The predicted molar refractivity (Wildman–Crippen MR) is 142 cm³/mol. The van der Waals surface area contributed by atoms with Crippen molar-refractivity contribution in [1.82, 2.24) is 44.5 Å². The summed E-state index contributed by atoms with van der Waals surface area (Å²) in [5.41, 5.74) is 4.39. The Hall–Kier alpha value is -4.05. The zero-order chi connectivity index (χ0) is 25.9. The number of rotatable bonds is 9. The first kappa shape index (κ1) is 24.6. The van der Waals surface area contributed by atoms with Crippen LogP contribution in [0.4, 0.5) is 0 Å². The number of imidazole rings is 1. The lowest BCUT2D eigenvalue weighted by atomic mass is 10.0. The summed E-state index contributed by atoms with van der Waals surface area (Å²) in [5.74, 6) is 1.11. The molecule has 0 saturated carbocycles. The topological polar surface area (TPSA) is 112 Å². The first-order valence-electron chi connectivity index (χ1n) is 12.3. The van der Waals surface area contributed by atoms with Crippen LogP contribution in [-0.4, -0.2) is 44.5 Å². The Morgan fingerprint density at radius 1 is 1.11 bits per heavy atom. The maximum atomic E-state index is 13.7. The minimum atomic E-state index is -0.165. The number of aromatic amines is 1. The number of benzene rings is 1. The average molecular weight is 518 g/mol. The summed E-state index contributed by atoms with van der Waals surface area (Å²) in [6.45, 7) is 6.50. The normalized spacial score (nSPS) is 11.5. The molecule has 0 fully saturated rings. The van der Waals surface area contributed by atoms with Gasteiger partial charge in [-0.3, -0.25) is 14.1 Å². The van der Waals surface area contributed by atoms with Gasteiger partial charge in [-0.2, -0.15) is 10.3 Å². The van der Waals surface area contributed by atoms with Crippen molar-refractivity contribution in [1.29, 1.82) is 0 Å². The fourth-order valence-electron chi connectivity index (χ4n) is 4.37. The molecule has 0 atom stereocenters. The second kappa shape index (κ2) is 10.5. The van der Waals surface area contributed by atoms with E-state index in [1.165, 1.54) is 0 Å². The van der Waals surface area contributed by atoms with Gasteiger partial charge in [0.2, 0.25) is 5.82 Å². The van der Waals surface area contributed by atoms with Crippen LogP contribution in [0.1, 0.15) is 51.0 Å². The summed E-state index contributed by atoms with van der Waals surface area (Å²) in [4.78, 5) is 18.3. The third kappa shape index (κ3) is 4.97. The van der Waals surface area contributed by atoms with Crippen molar-refractivity contribution in [3.8, 4) is 28.3 Å². The van der Waals surface area contributed by atoms with Crippen molar-refractivity contribution < 1.29 is 0 Å². The van der Waals surface area contributed by atoms with Gasteiger partial charge in [-0.25, -0.2) is 9.48 Å². The smallest absolute Gasteiger partial charge is 0.290 e. The van der Waals surface area contributed by atoms with Crippen LogP contribution in [0.25, 0.3) is 28.3 Å². The van der Waals surface area contributed by atoms with Gasteiger partial charge in [0.25, 0.3) is 0 Å². The van der Waals surface area contributed by atoms with Gasteiger partial charge < -0.3 is 0 Å². The zero-order valence-corrected chi connectivity index (χ0v) is 21.7. The molecule has 5 rings (SSSR count). The summed E-state index contributed by atoms with van der Waals surface area (Å²) < 4.78 is 5.16. The molecule has 0 amide bonds. The number of nitrogens with zero attached hydrogens (tertiary/aromatic N) is 8. The summed E-state index contributed by atoms with van der Waals surface area (Å²) in [6.07, 6.45) is 8.01. The molecule has 0 bridgehead atoms. The number of hydrogen-bond acceptors (Lipinski definition) is 6. The van der Waals surface area contributed by atoms with Crippen molar-refractivity contribution in [2.24, 2.45) is 0 Å². The van der Waals surface area contributed by atoms with E-state index in [0.29, 0.717) is 23.2 Å². The lowest BCUT2D eigenvalue weighted by Gasteiger charge is -2.11. The van der Waals surface area contributed by atoms with E-state index in [-0.39, 0.29) is 11.7 Å². The number of tetrazole rings is 1. The Morgan fingerprint density at radius 2 is 1.92 bits per heavy atom. The van der Waals surface area contributed by atoms with E-state index in [4.69, 9.17) is 11.6 Å². The van der Waals surface area contributed by atoms with Crippen molar-refractivity contribution in [2.75, 3.05) is 0 Å². The molecule has 0 radical (unpaired) electrons. The molecule has 190 valence electrons. The molecule has 1 aromatic carbocycles. The maximum absolute atomic E-state index is 13.7. The quantitative estimate of drug-likeness (QED) is 0.303. The fourth-order valence-corrected chi connectivity index (χ4v) is 4.59. The Morgan fingerprint density at radius 3 is 2.68 bits per heavy atom. The van der Waals surface area contributed by atoms with Crippen LogP contribution in [0.15, 0.2) is 59.8 Å². The third-order valence-electron chi connectivity index (χ3n) is 6.23. The van der Waals surface area contributed by atoms with Crippen molar-refractivity contribution in [3.05, 3.63) is 81.9 Å². The van der Waals surface area contributed by atoms with Crippen LogP contribution < -0.4 is 5.69 Å². The summed E-state index contributed by atoms with van der Waals surface area (Å²) in [7, 11) is 0. The van der Waals surface area contributed by atoms with Gasteiger partial charge in [-0.15, -0.1) is 10.2 Å². The molecule has 4 aromatic heterocycles. The van der Waals surface area contributed by atoms with Gasteiger partial charge >= 0.3 is 5.69 Å². The SMILES string of the molecule is CCCCc1cn(-c2c(Cl)cnn2C(C)C)c(=O)n1Cc1cc(-c2cccc(-c3nn[nH]n3)c2)ccn1. The maximum Gasteiger partial charge on any atom is 0.334 e. The van der Waals surface area contributed by atoms with Gasteiger partial charge in [-0.1, -0.05) is 43.1 Å². The molecule has 1 N–H and O–H groups in total. The number of pyridine rings is 1. The van der Waals surface area contributed by atoms with Crippen LogP contribution in [-0.2, 0) is 13.0 Å². The van der Waals surface area contributed by atoms with Gasteiger partial charge in [-0.05, 0) is 61.2 Å². The summed E-state index contributed by atoms with van der Waals surface area (Å²) >= 11 is 6.48. The van der Waals surface area contributed by atoms with E-state index >= 15 is 0 Å². The second-order valence-electron chi connectivity index (χ2n) is 9.17. The van der Waals surface area contributed by atoms with Crippen molar-refractivity contribution in [3.63, 3.8) is 0 Å². The second-order valence-corrected chi connectivity index (χ2v) is 9.58. The predicted octanol–water partition coefficient (Wildman–Crippen LogP) is 4.70. The first-order valence-corrected chi connectivity index (χ1v) is 12.7. The number of aromatic nitrogens is 9. The molecule has 0 aliphatic rings. The molecular formula is C26H28ClN9O. The third-order valence-corrected chi connectivity index (χ3v) is 6.49. The minimum absolute atomic E-state index is 0.0541. The first-order chi connectivity index (χ1) is 18.0. The fraction of sp³-hybridized carbons (Fsp3) is 0.308. The largest absolute Gasteiger partial charge is 0.334 e. The minimum Gasteiger partial charge on any atom is -0.290 e. The highest BCUT2D eigenvalue weighted by Gasteiger charge is 2.20. The Bertz CT molecular complexity index is 1560. The zero-order valence-electron chi connectivity index (χ0n) is 21.0. The highest BCUT2D eigenvalue weighted by molar-refractivity contribution is 6.32. The highest BCUT2D eigenvalue weighted by atomic mass is 35.5. The number of aryl methyl sites for hydroxylation is 1. The van der Waals surface area contributed by atoms with Crippen LogP contribution in [0.3, 0.4) is 0 Å². The lowest BCUT2D eigenvalue weighted by molar-refractivity contribution is 0.518. The van der Waals surface area contributed by atoms with Crippen LogP contribution in [0.2, 0.25) is 5.02 Å². The number of H-pyrrole nitrogens is 1. The highest BCUT2D eigenvalue weighted by Crippen LogP contribution is 2.26. The van der Waals surface area contributed by atoms with Gasteiger partial charge in [0.05, 0.1) is 18.4 Å². The molecule has 0 aliphatic carbocycles. The van der Waals surface area contributed by atoms with Crippen LogP contribution >= 0.6 is 11.6 Å². The number of unbranched alkanes of at least 4 members (excludes halogenated alkanes) is 1. The number of hydrogen-bond donors (Lipinski definition) is 1. The number of halogens is 1. The van der Waals surface area contributed by atoms with Gasteiger partial charge in [0.15, 0.2) is 5.82 Å². The monoisotopic (exact) mass is 517 g/mol. The van der Waals surface area contributed by atoms with Crippen molar-refractivity contribution >= 4 is 11.6 Å². The molecular weight excluding hydrogens is 490 g/mol. The van der Waals surface area contributed by atoms with E-state index in [1.807, 2.05) is 56.4 Å². The summed E-state index contributed by atoms with van der Waals surface area (Å²) in [5, 5.41) is 19.1. The molecule has 4 heterocycles. The van der Waals surface area contributed by atoms with Crippen molar-refractivity contribution in [2.45, 2.75) is 52.6 Å². The molecule has 0 aliphatic heterocycles. The average Bonchev–Trinajstić information content (AvgIpc) is 3.64. The van der Waals surface area contributed by atoms with E-state index < -0.39 is 0 Å². The Balaban J connectivity index is 1.52. The molecule has 11 heteroatoms. The van der Waals surface area contributed by atoms with E-state index in [2.05, 4.69) is 37.6 Å². The van der Waals surface area contributed by atoms with Crippen LogP contribution in [0.5, 0.6) is 0 Å². The van der Waals surface area contributed by atoms with Gasteiger partial charge in [0.1, 0.15) is 5.02 Å². The Labute approximate surface area is 218 Å². The molecule has 37 heavy (non-hydrogen) atoms. The number of nitrogens with one attached hydrogen (secondary N) is 1. The standard InChI is InChI=1S/C26H28ClN9O/c1-4-5-9-22-16-35(25-23(27)14-29-36(25)17(2)3)26(37)34(22)15-21-13-19(10-11-28-21)18-7-6-8-20(12-18)24-30-32-33-31-24/h6-8,10-14,16-17H,4-5,9,15H2,1-3H3,(H,30,31,32,33). The van der Waals surface area contributed by atoms with Crippen LogP contribution in [0, 0.1) is 0 Å².